The molecule has 1 saturated carbocycles. The van der Waals surface area contributed by atoms with E-state index in [4.69, 9.17) is 4.74 Å². The van der Waals surface area contributed by atoms with E-state index in [1.54, 1.807) is 7.11 Å². The molecule has 0 aliphatic heterocycles. The highest BCUT2D eigenvalue weighted by Crippen LogP contribution is 2.36. The summed E-state index contributed by atoms with van der Waals surface area (Å²) >= 11 is 0. The Labute approximate surface area is 86.8 Å². The molecule has 0 aromatic heterocycles. The van der Waals surface area contributed by atoms with Gasteiger partial charge in [-0.3, -0.25) is 0 Å². The highest BCUT2D eigenvalue weighted by atomic mass is 16.5. The first-order chi connectivity index (χ1) is 6.72. The van der Waals surface area contributed by atoms with Crippen molar-refractivity contribution in [1.29, 1.82) is 0 Å². The third kappa shape index (κ3) is 3.23. The fourth-order valence-electron chi connectivity index (χ4n) is 2.14. The van der Waals surface area contributed by atoms with Gasteiger partial charge in [0.2, 0.25) is 0 Å². The summed E-state index contributed by atoms with van der Waals surface area (Å²) in [6.07, 6.45) is 5.12. The Morgan fingerprint density at radius 2 is 2.07 bits per heavy atom. The van der Waals surface area contributed by atoms with Gasteiger partial charge in [-0.2, -0.15) is 0 Å². The summed E-state index contributed by atoms with van der Waals surface area (Å²) in [6.45, 7) is 4.17. The molecule has 0 aromatic carbocycles. The Balaban J connectivity index is 2.21. The van der Waals surface area contributed by atoms with Crippen LogP contribution in [0, 0.1) is 5.41 Å². The SMILES string of the molecule is COC(C)CNCC1(CO)CCCC1. The molecule has 2 N–H and O–H groups in total. The molecule has 0 saturated heterocycles. The molecule has 0 aromatic rings. The summed E-state index contributed by atoms with van der Waals surface area (Å²) in [5.41, 5.74) is 0.160. The molecule has 0 bridgehead atoms. The molecule has 3 heteroatoms. The minimum atomic E-state index is 0.160. The largest absolute Gasteiger partial charge is 0.396 e. The highest BCUT2D eigenvalue weighted by Gasteiger charge is 2.32. The summed E-state index contributed by atoms with van der Waals surface area (Å²) in [5, 5.41) is 12.8. The average molecular weight is 201 g/mol. The predicted molar refractivity (Wildman–Crippen MR) is 57.3 cm³/mol. The number of methoxy groups -OCH3 is 1. The summed E-state index contributed by atoms with van der Waals surface area (Å²) in [6, 6.07) is 0. The zero-order valence-corrected chi connectivity index (χ0v) is 9.38. The van der Waals surface area contributed by atoms with Crippen molar-refractivity contribution in [2.24, 2.45) is 5.41 Å². The van der Waals surface area contributed by atoms with Crippen LogP contribution in [0.25, 0.3) is 0 Å². The Hall–Kier alpha value is -0.120. The van der Waals surface area contributed by atoms with Gasteiger partial charge >= 0.3 is 0 Å². The van der Waals surface area contributed by atoms with E-state index in [2.05, 4.69) is 5.32 Å². The first kappa shape index (κ1) is 12.0. The number of nitrogens with one attached hydrogen (secondary N) is 1. The quantitative estimate of drug-likeness (QED) is 0.677. The van der Waals surface area contributed by atoms with Gasteiger partial charge < -0.3 is 15.2 Å². The number of aliphatic hydroxyl groups excluding tert-OH is 1. The van der Waals surface area contributed by atoms with Gasteiger partial charge in [0, 0.05) is 32.2 Å². The first-order valence-corrected chi connectivity index (χ1v) is 5.57. The fourth-order valence-corrected chi connectivity index (χ4v) is 2.14. The van der Waals surface area contributed by atoms with E-state index in [0.29, 0.717) is 6.61 Å². The van der Waals surface area contributed by atoms with E-state index in [1.165, 1.54) is 12.8 Å². The van der Waals surface area contributed by atoms with Crippen molar-refractivity contribution in [2.45, 2.75) is 38.7 Å². The Kier molecular flexibility index (Phi) is 4.85. The van der Waals surface area contributed by atoms with E-state index in [0.717, 1.165) is 25.9 Å². The normalized spacial score (nSPS) is 22.5. The molecule has 1 aliphatic carbocycles. The number of rotatable bonds is 6. The molecule has 0 spiro atoms. The lowest BCUT2D eigenvalue weighted by molar-refractivity contribution is 0.0987. The molecule has 0 radical (unpaired) electrons. The number of ether oxygens (including phenoxy) is 1. The summed E-state index contributed by atoms with van der Waals surface area (Å²) < 4.78 is 5.16. The van der Waals surface area contributed by atoms with Gasteiger partial charge in [0.15, 0.2) is 0 Å². The minimum absolute atomic E-state index is 0.160. The first-order valence-electron chi connectivity index (χ1n) is 5.57. The topological polar surface area (TPSA) is 41.5 Å². The van der Waals surface area contributed by atoms with E-state index in [-0.39, 0.29) is 11.5 Å². The van der Waals surface area contributed by atoms with Crippen LogP contribution in [0.2, 0.25) is 0 Å². The van der Waals surface area contributed by atoms with Crippen molar-refractivity contribution in [3.05, 3.63) is 0 Å². The monoisotopic (exact) mass is 201 g/mol. The maximum absolute atomic E-state index is 9.37. The van der Waals surface area contributed by atoms with Gasteiger partial charge in [0.1, 0.15) is 0 Å². The van der Waals surface area contributed by atoms with E-state index < -0.39 is 0 Å². The molecule has 84 valence electrons. The zero-order valence-electron chi connectivity index (χ0n) is 9.38. The molecular weight excluding hydrogens is 178 g/mol. The number of hydrogen-bond acceptors (Lipinski definition) is 3. The van der Waals surface area contributed by atoms with Crippen LogP contribution < -0.4 is 5.32 Å². The molecule has 1 atom stereocenters. The third-order valence-corrected chi connectivity index (χ3v) is 3.33. The van der Waals surface area contributed by atoms with Crippen LogP contribution in [-0.4, -0.2) is 38.0 Å². The zero-order chi connectivity index (χ0) is 10.4. The Morgan fingerprint density at radius 3 is 2.57 bits per heavy atom. The molecule has 1 rings (SSSR count). The second kappa shape index (κ2) is 5.69. The van der Waals surface area contributed by atoms with Crippen molar-refractivity contribution in [3.63, 3.8) is 0 Å². The molecular formula is C11H23NO2. The van der Waals surface area contributed by atoms with Gasteiger partial charge in [-0.05, 0) is 19.8 Å². The minimum Gasteiger partial charge on any atom is -0.396 e. The van der Waals surface area contributed by atoms with Crippen molar-refractivity contribution >= 4 is 0 Å². The maximum Gasteiger partial charge on any atom is 0.0667 e. The molecule has 0 heterocycles. The standard InChI is InChI=1S/C11H23NO2/c1-10(14-2)7-12-8-11(9-13)5-3-4-6-11/h10,12-13H,3-9H2,1-2H3. The highest BCUT2D eigenvalue weighted by molar-refractivity contribution is 4.86. The maximum atomic E-state index is 9.37. The summed E-state index contributed by atoms with van der Waals surface area (Å²) in [7, 11) is 1.73. The van der Waals surface area contributed by atoms with Crippen molar-refractivity contribution in [3.8, 4) is 0 Å². The van der Waals surface area contributed by atoms with Crippen LogP contribution in [0.1, 0.15) is 32.6 Å². The predicted octanol–water partition coefficient (Wildman–Crippen LogP) is 1.16. The van der Waals surface area contributed by atoms with Gasteiger partial charge in [0.05, 0.1) is 6.10 Å². The lowest BCUT2D eigenvalue weighted by atomic mass is 9.87. The van der Waals surface area contributed by atoms with Crippen molar-refractivity contribution < 1.29 is 9.84 Å². The van der Waals surface area contributed by atoms with Gasteiger partial charge in [-0.15, -0.1) is 0 Å². The number of hydrogen-bond donors (Lipinski definition) is 2. The lowest BCUT2D eigenvalue weighted by Crippen LogP contribution is -2.38. The van der Waals surface area contributed by atoms with Crippen LogP contribution >= 0.6 is 0 Å². The van der Waals surface area contributed by atoms with Gasteiger partial charge in [-0.25, -0.2) is 0 Å². The smallest absolute Gasteiger partial charge is 0.0667 e. The van der Waals surface area contributed by atoms with Crippen LogP contribution in [0.3, 0.4) is 0 Å². The van der Waals surface area contributed by atoms with Crippen LogP contribution in [0.5, 0.6) is 0 Å². The van der Waals surface area contributed by atoms with Crippen LogP contribution in [-0.2, 0) is 4.74 Å². The van der Waals surface area contributed by atoms with E-state index in [1.807, 2.05) is 6.92 Å². The second-order valence-corrected chi connectivity index (χ2v) is 4.54. The summed E-state index contributed by atoms with van der Waals surface area (Å²) in [4.78, 5) is 0. The molecule has 14 heavy (non-hydrogen) atoms. The van der Waals surface area contributed by atoms with Crippen LogP contribution in [0.15, 0.2) is 0 Å². The van der Waals surface area contributed by atoms with E-state index in [9.17, 15) is 5.11 Å². The Morgan fingerprint density at radius 1 is 1.43 bits per heavy atom. The van der Waals surface area contributed by atoms with Gasteiger partial charge in [-0.1, -0.05) is 12.8 Å². The van der Waals surface area contributed by atoms with Crippen LogP contribution in [0.4, 0.5) is 0 Å². The molecule has 0 amide bonds. The fraction of sp³-hybridized carbons (Fsp3) is 1.00. The van der Waals surface area contributed by atoms with E-state index >= 15 is 0 Å². The van der Waals surface area contributed by atoms with Gasteiger partial charge in [0.25, 0.3) is 0 Å². The average Bonchev–Trinajstić information content (AvgIpc) is 2.67. The summed E-state index contributed by atoms with van der Waals surface area (Å²) in [5.74, 6) is 0. The van der Waals surface area contributed by atoms with Crippen molar-refractivity contribution in [1.82, 2.24) is 5.32 Å². The molecule has 1 unspecified atom stereocenters. The molecule has 3 nitrogen and oxygen atoms in total. The number of aliphatic hydroxyl groups is 1. The second-order valence-electron chi connectivity index (χ2n) is 4.54. The Bertz CT molecular complexity index is 155. The molecule has 1 fully saturated rings. The van der Waals surface area contributed by atoms with Crippen molar-refractivity contribution in [2.75, 3.05) is 26.8 Å². The third-order valence-electron chi connectivity index (χ3n) is 3.33. The lowest BCUT2D eigenvalue weighted by Gasteiger charge is -2.27. The molecule has 1 aliphatic rings.